The first kappa shape index (κ1) is 31.3. The highest BCUT2D eigenvalue weighted by Crippen LogP contribution is 2.38. The zero-order chi connectivity index (χ0) is 30.4. The molecule has 4 rings (SSSR count). The summed E-state index contributed by atoms with van der Waals surface area (Å²) < 4.78 is 23.2. The largest absolute Gasteiger partial charge is 0.493 e. The van der Waals surface area contributed by atoms with Crippen molar-refractivity contribution < 1.29 is 43.5 Å². The summed E-state index contributed by atoms with van der Waals surface area (Å²) >= 11 is 2.00. The molecule has 11 nitrogen and oxygen atoms in total. The first-order chi connectivity index (χ1) is 20.1. The van der Waals surface area contributed by atoms with Crippen LogP contribution in [0.15, 0.2) is 53.6 Å². The van der Waals surface area contributed by atoms with Gasteiger partial charge in [0.2, 0.25) is 18.6 Å². The fourth-order valence-corrected chi connectivity index (χ4v) is 5.51. The molecule has 1 heterocycles. The maximum atomic E-state index is 13.6. The maximum Gasteiger partial charge on any atom is 0.247 e. The molecule has 2 aliphatic rings. The Morgan fingerprint density at radius 3 is 2.64 bits per heavy atom. The van der Waals surface area contributed by atoms with Crippen molar-refractivity contribution in [3.05, 3.63) is 68.3 Å². The van der Waals surface area contributed by atoms with E-state index < -0.39 is 24.2 Å². The van der Waals surface area contributed by atoms with Gasteiger partial charge in [0.05, 0.1) is 23.3 Å². The zero-order valence-electron chi connectivity index (χ0n) is 23.5. The van der Waals surface area contributed by atoms with Crippen molar-refractivity contribution in [2.24, 2.45) is 0 Å². The minimum atomic E-state index is -1.26. The third-order valence-corrected chi connectivity index (χ3v) is 7.54. The Balaban J connectivity index is 1.74. The number of benzene rings is 2. The van der Waals surface area contributed by atoms with E-state index in [1.54, 1.807) is 32.0 Å². The number of aliphatic hydroxyl groups is 2. The summed E-state index contributed by atoms with van der Waals surface area (Å²) in [6, 6.07) is 7.60. The number of nitrogens with one attached hydrogen (secondary N) is 1. The van der Waals surface area contributed by atoms with E-state index in [4.69, 9.17) is 18.9 Å². The Morgan fingerprint density at radius 1 is 1.19 bits per heavy atom. The summed E-state index contributed by atoms with van der Waals surface area (Å²) in [5.74, 6) is 0.896. The molecule has 12 heteroatoms. The Labute approximate surface area is 257 Å². The van der Waals surface area contributed by atoms with E-state index in [0.29, 0.717) is 26.9 Å². The average Bonchev–Trinajstić information content (AvgIpc) is 3.44. The molecule has 2 aromatic carbocycles. The molecule has 3 N–H and O–H groups in total. The normalized spacial score (nSPS) is 18.9. The van der Waals surface area contributed by atoms with Crippen LogP contribution in [-0.4, -0.2) is 78.5 Å². The number of amides is 2. The molecule has 0 unspecified atom stereocenters. The summed E-state index contributed by atoms with van der Waals surface area (Å²) in [4.78, 5) is 39.6. The van der Waals surface area contributed by atoms with Gasteiger partial charge < -0.3 is 39.4 Å². The molecule has 2 amide bonds. The highest BCUT2D eigenvalue weighted by molar-refractivity contribution is 14.1. The molecule has 0 saturated heterocycles. The predicted octanol–water partition coefficient (Wildman–Crippen LogP) is 2.75. The molecular weight excluding hydrogens is 659 g/mol. The van der Waals surface area contributed by atoms with E-state index in [0.717, 1.165) is 11.1 Å². The molecule has 1 aliphatic heterocycles. The summed E-state index contributed by atoms with van der Waals surface area (Å²) in [6.07, 6.45) is 1.39. The molecule has 3 atom stereocenters. The summed E-state index contributed by atoms with van der Waals surface area (Å²) in [6.45, 7) is 3.58. The van der Waals surface area contributed by atoms with Gasteiger partial charge in [-0.3, -0.25) is 14.4 Å². The van der Waals surface area contributed by atoms with E-state index in [1.165, 1.54) is 30.2 Å². The van der Waals surface area contributed by atoms with Crippen LogP contribution >= 0.6 is 22.6 Å². The van der Waals surface area contributed by atoms with Crippen molar-refractivity contribution in [1.82, 2.24) is 10.2 Å². The number of ether oxygens (including phenoxy) is 4. The number of hydrogen-bond donors (Lipinski definition) is 3. The lowest BCUT2D eigenvalue weighted by molar-refractivity contribution is -0.134. The average molecular weight is 693 g/mol. The SMILES string of the molecule is COc1cc(C=O)cc(I)c1O[C@H]1C=C(C(=O)NCCO)C[C@@H](N(Cc2ccc3c(c2)OCO3)C(=O)C=C(C)C)[C@@H]1O. The zero-order valence-corrected chi connectivity index (χ0v) is 25.6. The van der Waals surface area contributed by atoms with Gasteiger partial charge in [0.25, 0.3) is 0 Å². The van der Waals surface area contributed by atoms with Gasteiger partial charge in [-0.1, -0.05) is 11.6 Å². The number of carbonyl (C=O) groups is 3. The van der Waals surface area contributed by atoms with Gasteiger partial charge in [0, 0.05) is 36.7 Å². The number of carbonyl (C=O) groups excluding carboxylic acids is 3. The second-order valence-corrected chi connectivity index (χ2v) is 11.2. The first-order valence-corrected chi connectivity index (χ1v) is 14.3. The Bertz CT molecular complexity index is 1400. The molecule has 42 heavy (non-hydrogen) atoms. The maximum absolute atomic E-state index is 13.6. The van der Waals surface area contributed by atoms with Gasteiger partial charge in [-0.25, -0.2) is 0 Å². The van der Waals surface area contributed by atoms with Crippen LogP contribution < -0.4 is 24.3 Å². The van der Waals surface area contributed by atoms with Crippen LogP contribution in [0.5, 0.6) is 23.0 Å². The summed E-state index contributed by atoms with van der Waals surface area (Å²) in [7, 11) is 1.43. The van der Waals surface area contributed by atoms with E-state index >= 15 is 0 Å². The number of aliphatic hydroxyl groups excluding tert-OH is 2. The third kappa shape index (κ3) is 7.23. The van der Waals surface area contributed by atoms with Gasteiger partial charge in [0.1, 0.15) is 18.5 Å². The van der Waals surface area contributed by atoms with E-state index in [-0.39, 0.29) is 55.9 Å². The number of allylic oxidation sites excluding steroid dienone is 1. The highest BCUT2D eigenvalue weighted by Gasteiger charge is 2.41. The van der Waals surface area contributed by atoms with E-state index in [9.17, 15) is 24.6 Å². The van der Waals surface area contributed by atoms with E-state index in [1.807, 2.05) is 28.7 Å². The van der Waals surface area contributed by atoms with Crippen LogP contribution in [0.25, 0.3) is 0 Å². The summed E-state index contributed by atoms with van der Waals surface area (Å²) in [5, 5.41) is 23.6. The quantitative estimate of drug-likeness (QED) is 0.184. The molecule has 0 spiro atoms. The number of methoxy groups -OCH3 is 1. The van der Waals surface area contributed by atoms with Crippen molar-refractivity contribution in [3.8, 4) is 23.0 Å². The lowest BCUT2D eigenvalue weighted by Gasteiger charge is -2.40. The predicted molar refractivity (Wildman–Crippen MR) is 161 cm³/mol. The van der Waals surface area contributed by atoms with Crippen LogP contribution in [0, 0.1) is 3.57 Å². The third-order valence-electron chi connectivity index (χ3n) is 6.74. The lowest BCUT2D eigenvalue weighted by atomic mass is 9.87. The van der Waals surface area contributed by atoms with Crippen LogP contribution in [0.4, 0.5) is 0 Å². The van der Waals surface area contributed by atoms with Crippen molar-refractivity contribution in [1.29, 1.82) is 0 Å². The van der Waals surface area contributed by atoms with E-state index in [2.05, 4.69) is 5.32 Å². The second kappa shape index (κ2) is 14.0. The number of halogens is 1. The number of aldehydes is 1. The Morgan fingerprint density at radius 2 is 1.95 bits per heavy atom. The molecule has 0 bridgehead atoms. The Hall–Kier alpha value is -3.62. The van der Waals surface area contributed by atoms with Crippen molar-refractivity contribution in [2.45, 2.75) is 45.1 Å². The molecule has 1 aliphatic carbocycles. The van der Waals surface area contributed by atoms with Crippen LogP contribution in [0.2, 0.25) is 0 Å². The van der Waals surface area contributed by atoms with Crippen molar-refractivity contribution >= 4 is 40.7 Å². The monoisotopic (exact) mass is 692 g/mol. The van der Waals surface area contributed by atoms with Crippen molar-refractivity contribution in [2.75, 3.05) is 27.1 Å². The fourth-order valence-electron chi connectivity index (χ4n) is 4.76. The molecular formula is C30H33IN2O9. The van der Waals surface area contributed by atoms with Gasteiger partial charge in [0.15, 0.2) is 23.0 Å². The van der Waals surface area contributed by atoms with Gasteiger partial charge in [-0.2, -0.15) is 0 Å². The van der Waals surface area contributed by atoms with Crippen LogP contribution in [0.1, 0.15) is 36.2 Å². The molecule has 2 aromatic rings. The molecule has 0 radical (unpaired) electrons. The summed E-state index contributed by atoms with van der Waals surface area (Å²) in [5.41, 5.74) is 2.16. The molecule has 224 valence electrons. The Kier molecular flexibility index (Phi) is 10.5. The number of nitrogens with zero attached hydrogens (tertiary/aromatic N) is 1. The van der Waals surface area contributed by atoms with Gasteiger partial charge >= 0.3 is 0 Å². The number of hydrogen-bond acceptors (Lipinski definition) is 9. The number of fused-ring (bicyclic) bond motifs is 1. The van der Waals surface area contributed by atoms with Gasteiger partial charge in [-0.05, 0) is 72.3 Å². The minimum absolute atomic E-state index is 0.0312. The van der Waals surface area contributed by atoms with Crippen LogP contribution in [0.3, 0.4) is 0 Å². The molecule has 0 saturated carbocycles. The second-order valence-electron chi connectivity index (χ2n) is 10.0. The smallest absolute Gasteiger partial charge is 0.247 e. The fraction of sp³-hybridized carbons (Fsp3) is 0.367. The van der Waals surface area contributed by atoms with Crippen molar-refractivity contribution in [3.63, 3.8) is 0 Å². The molecule has 0 fully saturated rings. The topological polar surface area (TPSA) is 144 Å². The minimum Gasteiger partial charge on any atom is -0.493 e. The standard InChI is InChI=1S/C30H33IN2O9/c1-17(2)8-27(36)33(14-18-4-5-23-24(10-18)41-16-40-23)22-12-20(30(38)32-6-7-34)13-25(28(22)37)42-29-21(31)9-19(15-35)11-26(29)39-3/h4-5,8-11,13,15,22,25,28,34,37H,6-7,12,14,16H2,1-3H3,(H,32,38)/t22-,25+,28+/m1/s1. The number of rotatable bonds is 11. The van der Waals surface area contributed by atoms with Gasteiger partial charge in [-0.15, -0.1) is 0 Å². The van der Waals surface area contributed by atoms with Crippen LogP contribution in [-0.2, 0) is 16.1 Å². The highest BCUT2D eigenvalue weighted by atomic mass is 127. The lowest BCUT2D eigenvalue weighted by Crippen LogP contribution is -2.54. The molecule has 0 aromatic heterocycles. The first-order valence-electron chi connectivity index (χ1n) is 13.3.